The molecule has 4 heteroatoms. The number of hydrogen-bond acceptors (Lipinski definition) is 2. The van der Waals surface area contributed by atoms with Crippen molar-refractivity contribution in [3.63, 3.8) is 0 Å². The molecular formula is C10H21ClO2S. The van der Waals surface area contributed by atoms with Crippen LogP contribution in [0.3, 0.4) is 0 Å². The second-order valence-corrected chi connectivity index (χ2v) is 5.03. The Morgan fingerprint density at radius 3 is 2.64 bits per heavy atom. The summed E-state index contributed by atoms with van der Waals surface area (Å²) in [4.78, 5) is 0. The van der Waals surface area contributed by atoms with Gasteiger partial charge in [-0.25, -0.2) is 4.21 Å². The molecule has 0 saturated carbocycles. The summed E-state index contributed by atoms with van der Waals surface area (Å²) >= 11 is 4.28. The fourth-order valence-electron chi connectivity index (χ4n) is 1.19. The lowest BCUT2D eigenvalue weighted by molar-refractivity contribution is 0.254. The Bertz CT molecular complexity index is 153. The minimum atomic E-state index is -1.18. The van der Waals surface area contributed by atoms with E-state index in [2.05, 4.69) is 13.8 Å². The van der Waals surface area contributed by atoms with E-state index in [9.17, 15) is 4.21 Å². The van der Waals surface area contributed by atoms with Gasteiger partial charge in [-0.3, -0.25) is 4.18 Å². The van der Waals surface area contributed by atoms with Gasteiger partial charge in [-0.05, 0) is 12.3 Å². The molecular weight excluding hydrogens is 220 g/mol. The van der Waals surface area contributed by atoms with Crippen LogP contribution in [0, 0.1) is 5.92 Å². The van der Waals surface area contributed by atoms with Gasteiger partial charge in [0.05, 0.1) is 12.4 Å². The molecule has 0 bridgehead atoms. The third-order valence-electron chi connectivity index (χ3n) is 2.22. The molecule has 0 amide bonds. The molecule has 14 heavy (non-hydrogen) atoms. The summed E-state index contributed by atoms with van der Waals surface area (Å²) in [6, 6.07) is 0. The maximum Gasteiger partial charge on any atom is 0.156 e. The van der Waals surface area contributed by atoms with Gasteiger partial charge < -0.3 is 0 Å². The molecule has 0 saturated heterocycles. The van der Waals surface area contributed by atoms with Gasteiger partial charge in [0.1, 0.15) is 0 Å². The Morgan fingerprint density at radius 2 is 2.14 bits per heavy atom. The molecule has 2 unspecified atom stereocenters. The lowest BCUT2D eigenvalue weighted by Gasteiger charge is -2.13. The van der Waals surface area contributed by atoms with Crippen LogP contribution in [0.4, 0.5) is 0 Å². The van der Waals surface area contributed by atoms with E-state index in [1.54, 1.807) is 0 Å². The summed E-state index contributed by atoms with van der Waals surface area (Å²) in [5, 5.41) is 0. The van der Waals surface area contributed by atoms with Crippen molar-refractivity contribution in [2.45, 2.75) is 39.5 Å². The maximum atomic E-state index is 11.1. The van der Waals surface area contributed by atoms with E-state index in [-0.39, 0.29) is 0 Å². The van der Waals surface area contributed by atoms with E-state index >= 15 is 0 Å². The van der Waals surface area contributed by atoms with Gasteiger partial charge >= 0.3 is 0 Å². The van der Waals surface area contributed by atoms with Crippen LogP contribution in [0.15, 0.2) is 0 Å². The second kappa shape index (κ2) is 9.94. The number of halogens is 1. The Morgan fingerprint density at radius 1 is 1.43 bits per heavy atom. The van der Waals surface area contributed by atoms with Gasteiger partial charge in [0, 0.05) is 5.88 Å². The minimum absolute atomic E-state index is 0.401. The summed E-state index contributed by atoms with van der Waals surface area (Å²) in [6.07, 6.45) is 4.70. The average molecular weight is 241 g/mol. The Balaban J connectivity index is 3.55. The maximum absolute atomic E-state index is 11.1. The van der Waals surface area contributed by atoms with Crippen molar-refractivity contribution >= 4 is 22.7 Å². The molecule has 0 aromatic heterocycles. The van der Waals surface area contributed by atoms with Crippen LogP contribution in [-0.2, 0) is 15.3 Å². The van der Waals surface area contributed by atoms with Gasteiger partial charge in [0.25, 0.3) is 0 Å². The molecule has 0 aliphatic heterocycles. The zero-order chi connectivity index (χ0) is 10.8. The smallest absolute Gasteiger partial charge is 0.156 e. The van der Waals surface area contributed by atoms with Crippen LogP contribution in [0.1, 0.15) is 39.5 Å². The predicted molar refractivity (Wildman–Crippen MR) is 63.0 cm³/mol. The van der Waals surface area contributed by atoms with E-state index in [1.807, 2.05) is 0 Å². The molecule has 2 nitrogen and oxygen atoms in total. The highest BCUT2D eigenvalue weighted by molar-refractivity contribution is 7.80. The zero-order valence-electron chi connectivity index (χ0n) is 9.13. The quantitative estimate of drug-likeness (QED) is 0.579. The van der Waals surface area contributed by atoms with Crippen LogP contribution in [0.2, 0.25) is 0 Å². The van der Waals surface area contributed by atoms with E-state index in [0.29, 0.717) is 24.2 Å². The summed E-state index contributed by atoms with van der Waals surface area (Å²) < 4.78 is 16.4. The predicted octanol–water partition coefficient (Wildman–Crippen LogP) is 3.12. The monoisotopic (exact) mass is 240 g/mol. The summed E-state index contributed by atoms with van der Waals surface area (Å²) in [6.45, 7) is 4.94. The fraction of sp³-hybridized carbons (Fsp3) is 1.00. The Kier molecular flexibility index (Phi) is 10.2. The number of alkyl halides is 1. The molecule has 0 aliphatic rings. The summed E-state index contributed by atoms with van der Waals surface area (Å²) in [7, 11) is 0. The van der Waals surface area contributed by atoms with Crippen LogP contribution >= 0.6 is 11.6 Å². The molecule has 0 aromatic rings. The van der Waals surface area contributed by atoms with Crippen molar-refractivity contribution in [2.24, 2.45) is 5.92 Å². The Labute approximate surface area is 95.0 Å². The molecule has 0 N–H and O–H groups in total. The molecule has 86 valence electrons. The first-order valence-corrected chi connectivity index (χ1v) is 7.10. The van der Waals surface area contributed by atoms with E-state index in [0.717, 1.165) is 6.42 Å². The lowest BCUT2D eigenvalue weighted by Crippen LogP contribution is -2.12. The van der Waals surface area contributed by atoms with Crippen molar-refractivity contribution in [3.05, 3.63) is 0 Å². The van der Waals surface area contributed by atoms with Gasteiger partial charge in [0.15, 0.2) is 11.1 Å². The van der Waals surface area contributed by atoms with E-state index < -0.39 is 11.1 Å². The summed E-state index contributed by atoms with van der Waals surface area (Å²) in [5.74, 6) is 1.39. The largest absolute Gasteiger partial charge is 0.290 e. The van der Waals surface area contributed by atoms with Crippen LogP contribution in [-0.4, -0.2) is 22.4 Å². The first-order chi connectivity index (χ1) is 6.74. The first kappa shape index (κ1) is 14.4. The fourth-order valence-corrected chi connectivity index (χ4v) is 2.16. The normalized spacial score (nSPS) is 15.4. The Hall–Kier alpha value is 0.400. The molecule has 0 fully saturated rings. The van der Waals surface area contributed by atoms with Gasteiger partial charge in [-0.15, -0.1) is 11.6 Å². The zero-order valence-corrected chi connectivity index (χ0v) is 10.7. The lowest BCUT2D eigenvalue weighted by atomic mass is 10.0. The van der Waals surface area contributed by atoms with E-state index in [1.165, 1.54) is 19.3 Å². The van der Waals surface area contributed by atoms with Crippen LogP contribution < -0.4 is 0 Å². The van der Waals surface area contributed by atoms with Gasteiger partial charge in [-0.2, -0.15) is 0 Å². The summed E-state index contributed by atoms with van der Waals surface area (Å²) in [5.41, 5.74) is 0. The topological polar surface area (TPSA) is 26.3 Å². The van der Waals surface area contributed by atoms with Crippen molar-refractivity contribution in [1.29, 1.82) is 0 Å². The van der Waals surface area contributed by atoms with Gasteiger partial charge in [0.2, 0.25) is 0 Å². The molecule has 0 aliphatic carbocycles. The minimum Gasteiger partial charge on any atom is -0.290 e. The third-order valence-corrected chi connectivity index (χ3v) is 3.57. The molecule has 0 spiro atoms. The van der Waals surface area contributed by atoms with Crippen molar-refractivity contribution in [3.8, 4) is 0 Å². The average Bonchev–Trinajstić information content (AvgIpc) is 2.19. The SMILES string of the molecule is CCCCC(CC)COS(=O)CCCl. The first-order valence-electron chi connectivity index (χ1n) is 5.32. The highest BCUT2D eigenvalue weighted by Gasteiger charge is 2.08. The molecule has 0 radical (unpaired) electrons. The van der Waals surface area contributed by atoms with Crippen LogP contribution in [0.5, 0.6) is 0 Å². The number of unbranched alkanes of at least 4 members (excludes halogenated alkanes) is 1. The van der Waals surface area contributed by atoms with Gasteiger partial charge in [-0.1, -0.05) is 33.1 Å². The molecule has 2 atom stereocenters. The molecule has 0 heterocycles. The third kappa shape index (κ3) is 7.77. The molecule has 0 aromatic carbocycles. The number of hydrogen-bond donors (Lipinski definition) is 0. The highest BCUT2D eigenvalue weighted by atomic mass is 35.5. The van der Waals surface area contributed by atoms with E-state index in [4.69, 9.17) is 15.8 Å². The van der Waals surface area contributed by atoms with Crippen molar-refractivity contribution in [1.82, 2.24) is 0 Å². The second-order valence-electron chi connectivity index (χ2n) is 3.40. The molecule has 0 rings (SSSR count). The van der Waals surface area contributed by atoms with Crippen LogP contribution in [0.25, 0.3) is 0 Å². The highest BCUT2D eigenvalue weighted by Crippen LogP contribution is 2.13. The number of rotatable bonds is 9. The van der Waals surface area contributed by atoms with Crippen molar-refractivity contribution in [2.75, 3.05) is 18.2 Å². The van der Waals surface area contributed by atoms with Crippen molar-refractivity contribution < 1.29 is 8.39 Å². The standard InChI is InChI=1S/C10H21ClO2S/c1-3-5-6-10(4-2)9-13-14(12)8-7-11/h10H,3-9H2,1-2H3.